The standard InChI is InChI=1S/C16H22N4O2/c21-15(17-11-6-7-11)13-12-5-1-2-10-20(12)14(18-13)16(22)19-8-3-4-9-19/h11H,1-10H2,(H,17,21). The van der Waals surface area contributed by atoms with Crippen LogP contribution in [0, 0.1) is 0 Å². The van der Waals surface area contributed by atoms with Crippen LogP contribution >= 0.6 is 0 Å². The summed E-state index contributed by atoms with van der Waals surface area (Å²) in [6, 6.07) is 0.311. The Labute approximate surface area is 129 Å². The summed E-state index contributed by atoms with van der Waals surface area (Å²) in [6.07, 6.45) is 7.19. The third-order valence-corrected chi connectivity index (χ3v) is 4.83. The highest BCUT2D eigenvalue weighted by molar-refractivity contribution is 5.97. The highest BCUT2D eigenvalue weighted by Gasteiger charge is 2.32. The molecule has 4 rings (SSSR count). The van der Waals surface area contributed by atoms with Gasteiger partial charge >= 0.3 is 0 Å². The van der Waals surface area contributed by atoms with Gasteiger partial charge in [-0.2, -0.15) is 0 Å². The predicted molar refractivity (Wildman–Crippen MR) is 80.8 cm³/mol. The third kappa shape index (κ3) is 2.40. The third-order valence-electron chi connectivity index (χ3n) is 4.83. The van der Waals surface area contributed by atoms with Crippen LogP contribution in [0.15, 0.2) is 0 Å². The van der Waals surface area contributed by atoms with Crippen molar-refractivity contribution in [1.82, 2.24) is 19.8 Å². The molecule has 0 atom stereocenters. The number of imidazole rings is 1. The average Bonchev–Trinajstić information content (AvgIpc) is 3.07. The van der Waals surface area contributed by atoms with Gasteiger partial charge in [0.15, 0.2) is 5.82 Å². The van der Waals surface area contributed by atoms with Gasteiger partial charge in [-0.15, -0.1) is 0 Å². The fraction of sp³-hybridized carbons (Fsp3) is 0.688. The molecule has 0 radical (unpaired) electrons. The molecule has 1 saturated heterocycles. The van der Waals surface area contributed by atoms with E-state index in [1.807, 2.05) is 9.47 Å². The summed E-state index contributed by atoms with van der Waals surface area (Å²) in [5.74, 6) is 0.359. The highest BCUT2D eigenvalue weighted by atomic mass is 16.2. The zero-order valence-electron chi connectivity index (χ0n) is 12.8. The van der Waals surface area contributed by atoms with Crippen molar-refractivity contribution in [3.05, 3.63) is 17.2 Å². The molecule has 0 spiro atoms. The number of likely N-dealkylation sites (tertiary alicyclic amines) is 1. The number of aromatic nitrogens is 2. The van der Waals surface area contributed by atoms with Gasteiger partial charge in [0.2, 0.25) is 0 Å². The fourth-order valence-corrected chi connectivity index (χ4v) is 3.43. The first-order valence-corrected chi connectivity index (χ1v) is 8.43. The van der Waals surface area contributed by atoms with Crippen LogP contribution in [0.2, 0.25) is 0 Å². The minimum atomic E-state index is -0.103. The van der Waals surface area contributed by atoms with Gasteiger partial charge in [0.05, 0.1) is 5.69 Å². The second kappa shape index (κ2) is 5.41. The van der Waals surface area contributed by atoms with E-state index < -0.39 is 0 Å². The van der Waals surface area contributed by atoms with Crippen LogP contribution in [0.4, 0.5) is 0 Å². The van der Waals surface area contributed by atoms with Crippen molar-refractivity contribution in [1.29, 1.82) is 0 Å². The summed E-state index contributed by atoms with van der Waals surface area (Å²) >= 11 is 0. The Hall–Kier alpha value is -1.85. The van der Waals surface area contributed by atoms with Gasteiger partial charge < -0.3 is 14.8 Å². The molecule has 0 aromatic carbocycles. The van der Waals surface area contributed by atoms with Crippen molar-refractivity contribution in [3.63, 3.8) is 0 Å². The number of fused-ring (bicyclic) bond motifs is 1. The number of hydrogen-bond donors (Lipinski definition) is 1. The van der Waals surface area contributed by atoms with Crippen LogP contribution in [-0.4, -0.2) is 45.4 Å². The number of amides is 2. The molecule has 22 heavy (non-hydrogen) atoms. The molecule has 3 aliphatic rings. The molecule has 2 amide bonds. The van der Waals surface area contributed by atoms with Gasteiger partial charge in [0.1, 0.15) is 5.69 Å². The molecule has 6 nitrogen and oxygen atoms in total. The normalized spacial score (nSPS) is 20.8. The number of rotatable bonds is 3. The second-order valence-electron chi connectivity index (χ2n) is 6.59. The molecule has 0 bridgehead atoms. The van der Waals surface area contributed by atoms with Gasteiger partial charge in [-0.05, 0) is 44.9 Å². The summed E-state index contributed by atoms with van der Waals surface area (Å²) in [5.41, 5.74) is 1.43. The molecule has 2 aliphatic heterocycles. The smallest absolute Gasteiger partial charge is 0.289 e. The maximum Gasteiger partial charge on any atom is 0.289 e. The van der Waals surface area contributed by atoms with Crippen LogP contribution in [0.1, 0.15) is 65.3 Å². The van der Waals surface area contributed by atoms with Crippen LogP contribution < -0.4 is 5.32 Å². The summed E-state index contributed by atoms with van der Waals surface area (Å²) in [7, 11) is 0. The maximum absolute atomic E-state index is 12.7. The molecule has 6 heteroatoms. The van der Waals surface area contributed by atoms with Crippen molar-refractivity contribution in [2.75, 3.05) is 13.1 Å². The van der Waals surface area contributed by atoms with Crippen molar-refractivity contribution < 1.29 is 9.59 Å². The molecule has 1 aromatic heterocycles. The first-order valence-electron chi connectivity index (χ1n) is 8.43. The lowest BCUT2D eigenvalue weighted by atomic mass is 10.1. The van der Waals surface area contributed by atoms with Gasteiger partial charge in [0, 0.05) is 25.7 Å². The van der Waals surface area contributed by atoms with Gasteiger partial charge in [-0.1, -0.05) is 0 Å². The Balaban J connectivity index is 1.66. The van der Waals surface area contributed by atoms with E-state index in [0.717, 1.165) is 70.3 Å². The fourth-order valence-electron chi connectivity index (χ4n) is 3.43. The van der Waals surface area contributed by atoms with E-state index in [-0.39, 0.29) is 11.8 Å². The zero-order chi connectivity index (χ0) is 15.1. The van der Waals surface area contributed by atoms with Crippen molar-refractivity contribution in [2.45, 2.75) is 57.5 Å². The molecule has 1 aliphatic carbocycles. The molecule has 2 fully saturated rings. The predicted octanol–water partition coefficient (Wildman–Crippen LogP) is 1.35. The highest BCUT2D eigenvalue weighted by Crippen LogP contribution is 2.25. The lowest BCUT2D eigenvalue weighted by Crippen LogP contribution is -2.31. The summed E-state index contributed by atoms with van der Waals surface area (Å²) in [6.45, 7) is 2.42. The number of hydrogen-bond acceptors (Lipinski definition) is 3. The minimum Gasteiger partial charge on any atom is -0.348 e. The Morgan fingerprint density at radius 3 is 2.50 bits per heavy atom. The quantitative estimate of drug-likeness (QED) is 0.916. The van der Waals surface area contributed by atoms with Crippen molar-refractivity contribution in [3.8, 4) is 0 Å². The van der Waals surface area contributed by atoms with E-state index in [0.29, 0.717) is 17.6 Å². The molecular formula is C16H22N4O2. The zero-order valence-corrected chi connectivity index (χ0v) is 12.8. The molecule has 1 saturated carbocycles. The second-order valence-corrected chi connectivity index (χ2v) is 6.59. The topological polar surface area (TPSA) is 67.2 Å². The van der Waals surface area contributed by atoms with Gasteiger partial charge in [0.25, 0.3) is 11.8 Å². The van der Waals surface area contributed by atoms with Gasteiger partial charge in [-0.25, -0.2) is 4.98 Å². The first-order chi connectivity index (χ1) is 10.7. The molecule has 3 heterocycles. The Kier molecular flexibility index (Phi) is 3.39. The Morgan fingerprint density at radius 1 is 1.05 bits per heavy atom. The minimum absolute atomic E-state index is 0.00822. The van der Waals surface area contributed by atoms with E-state index >= 15 is 0 Å². The molecule has 1 aromatic rings. The monoisotopic (exact) mass is 302 g/mol. The van der Waals surface area contributed by atoms with E-state index in [4.69, 9.17) is 0 Å². The lowest BCUT2D eigenvalue weighted by molar-refractivity contribution is 0.0774. The lowest BCUT2D eigenvalue weighted by Gasteiger charge is -2.19. The number of carbonyl (C=O) groups is 2. The summed E-state index contributed by atoms with van der Waals surface area (Å²) in [4.78, 5) is 31.5. The molecule has 118 valence electrons. The number of nitrogens with one attached hydrogen (secondary N) is 1. The van der Waals surface area contributed by atoms with E-state index in [2.05, 4.69) is 10.3 Å². The molecule has 0 unspecified atom stereocenters. The summed E-state index contributed by atoms with van der Waals surface area (Å²) in [5, 5.41) is 3.00. The summed E-state index contributed by atoms with van der Waals surface area (Å²) < 4.78 is 1.99. The van der Waals surface area contributed by atoms with Crippen LogP contribution in [0.25, 0.3) is 0 Å². The van der Waals surface area contributed by atoms with E-state index in [9.17, 15) is 9.59 Å². The number of nitrogens with zero attached hydrogens (tertiary/aromatic N) is 3. The average molecular weight is 302 g/mol. The van der Waals surface area contributed by atoms with Crippen LogP contribution in [0.3, 0.4) is 0 Å². The molecule has 1 N–H and O–H groups in total. The van der Waals surface area contributed by atoms with E-state index in [1.54, 1.807) is 0 Å². The largest absolute Gasteiger partial charge is 0.348 e. The van der Waals surface area contributed by atoms with Crippen LogP contribution in [0.5, 0.6) is 0 Å². The Morgan fingerprint density at radius 2 is 1.77 bits per heavy atom. The Bertz CT molecular complexity index is 612. The maximum atomic E-state index is 12.7. The SMILES string of the molecule is O=C(NC1CC1)c1nc(C(=O)N2CCCC2)n2c1CCCC2. The van der Waals surface area contributed by atoms with Gasteiger partial charge in [-0.3, -0.25) is 9.59 Å². The van der Waals surface area contributed by atoms with Crippen molar-refractivity contribution >= 4 is 11.8 Å². The van der Waals surface area contributed by atoms with Crippen molar-refractivity contribution in [2.24, 2.45) is 0 Å². The van der Waals surface area contributed by atoms with E-state index in [1.165, 1.54) is 0 Å². The van der Waals surface area contributed by atoms with Crippen LogP contribution in [-0.2, 0) is 13.0 Å². The number of carbonyl (C=O) groups excluding carboxylic acids is 2. The first kappa shape index (κ1) is 13.8. The molecular weight excluding hydrogens is 280 g/mol.